The van der Waals surface area contributed by atoms with Gasteiger partial charge in [0.1, 0.15) is 0 Å². The SMILES string of the molecule is CCOC(=O)c1ccc(NC(=O)Nc2cccc3c(C(=O)C(=O)N4CCN(C(=O)c5ccccc5)CC4C)c[nH]c23)cc1. The number of amides is 4. The molecule has 1 atom stereocenters. The van der Waals surface area contributed by atoms with Crippen molar-refractivity contribution in [3.8, 4) is 0 Å². The lowest BCUT2D eigenvalue weighted by atomic mass is 10.1. The van der Waals surface area contributed by atoms with Crippen LogP contribution in [-0.2, 0) is 9.53 Å². The van der Waals surface area contributed by atoms with E-state index in [1.165, 1.54) is 11.1 Å². The number of ether oxygens (including phenoxy) is 1. The summed E-state index contributed by atoms with van der Waals surface area (Å²) < 4.78 is 4.97. The van der Waals surface area contributed by atoms with E-state index < -0.39 is 23.7 Å². The number of esters is 1. The number of Topliss-reactive ketones (excluding diaryl/α,β-unsaturated/α-hetero) is 1. The summed E-state index contributed by atoms with van der Waals surface area (Å²) in [7, 11) is 0. The number of piperazine rings is 1. The van der Waals surface area contributed by atoms with Crippen LogP contribution in [0, 0.1) is 0 Å². The van der Waals surface area contributed by atoms with Crippen LogP contribution in [0.5, 0.6) is 0 Å². The molecule has 11 heteroatoms. The molecule has 1 aliphatic rings. The van der Waals surface area contributed by atoms with Gasteiger partial charge < -0.3 is 30.2 Å². The van der Waals surface area contributed by atoms with Crippen LogP contribution >= 0.6 is 0 Å². The van der Waals surface area contributed by atoms with Crippen molar-refractivity contribution in [1.82, 2.24) is 14.8 Å². The van der Waals surface area contributed by atoms with Gasteiger partial charge in [0.25, 0.3) is 17.6 Å². The Hall–Kier alpha value is -5.45. The fourth-order valence-corrected chi connectivity index (χ4v) is 5.09. The number of anilines is 2. The zero-order valence-electron chi connectivity index (χ0n) is 23.8. The molecular weight excluding hydrogens is 550 g/mol. The number of benzene rings is 3. The molecule has 1 fully saturated rings. The predicted octanol–water partition coefficient (Wildman–Crippen LogP) is 4.54. The van der Waals surface area contributed by atoms with Gasteiger partial charge in [0, 0.05) is 48.5 Å². The number of nitrogens with one attached hydrogen (secondary N) is 3. The zero-order chi connectivity index (χ0) is 30.5. The molecular formula is C32H31N5O6. The quantitative estimate of drug-likeness (QED) is 0.166. The molecule has 1 unspecified atom stereocenters. The van der Waals surface area contributed by atoms with Crippen LogP contribution in [-0.4, -0.2) is 76.7 Å². The van der Waals surface area contributed by atoms with Crippen molar-refractivity contribution in [2.24, 2.45) is 0 Å². The van der Waals surface area contributed by atoms with E-state index in [9.17, 15) is 24.0 Å². The van der Waals surface area contributed by atoms with E-state index >= 15 is 0 Å². The molecule has 0 saturated carbocycles. The van der Waals surface area contributed by atoms with Crippen molar-refractivity contribution in [2.75, 3.05) is 36.9 Å². The fourth-order valence-electron chi connectivity index (χ4n) is 5.09. The second kappa shape index (κ2) is 12.6. The number of aromatic nitrogens is 1. The number of nitrogens with zero attached hydrogens (tertiary/aromatic N) is 2. The van der Waals surface area contributed by atoms with Gasteiger partial charge in [0.05, 0.1) is 28.9 Å². The van der Waals surface area contributed by atoms with E-state index in [1.54, 1.807) is 78.6 Å². The van der Waals surface area contributed by atoms with Crippen molar-refractivity contribution in [3.05, 3.63) is 95.7 Å². The fraction of sp³-hybridized carbons (Fsp3) is 0.219. The van der Waals surface area contributed by atoms with Gasteiger partial charge in [-0.15, -0.1) is 0 Å². The van der Waals surface area contributed by atoms with Gasteiger partial charge in [0.15, 0.2) is 0 Å². The monoisotopic (exact) mass is 581 g/mol. The lowest BCUT2D eigenvalue weighted by Crippen LogP contribution is -2.56. The Bertz CT molecular complexity index is 1680. The van der Waals surface area contributed by atoms with Crippen molar-refractivity contribution >= 4 is 51.9 Å². The van der Waals surface area contributed by atoms with Gasteiger partial charge in [-0.3, -0.25) is 14.4 Å². The number of aromatic amines is 1. The third-order valence-corrected chi connectivity index (χ3v) is 7.25. The normalized spacial score (nSPS) is 14.7. The first kappa shape index (κ1) is 29.1. The Kier molecular flexibility index (Phi) is 8.51. The van der Waals surface area contributed by atoms with E-state index in [2.05, 4.69) is 15.6 Å². The second-order valence-corrected chi connectivity index (χ2v) is 10.1. The molecule has 4 amide bonds. The minimum atomic E-state index is -0.677. The molecule has 43 heavy (non-hydrogen) atoms. The van der Waals surface area contributed by atoms with E-state index in [1.807, 2.05) is 13.0 Å². The van der Waals surface area contributed by atoms with Crippen LogP contribution in [0.4, 0.5) is 16.2 Å². The molecule has 4 aromatic rings. The Morgan fingerprint density at radius 3 is 2.33 bits per heavy atom. The largest absolute Gasteiger partial charge is 0.462 e. The number of H-pyrrole nitrogens is 1. The molecule has 1 saturated heterocycles. The number of hydrogen-bond acceptors (Lipinski definition) is 6. The average molecular weight is 582 g/mol. The topological polar surface area (TPSA) is 141 Å². The summed E-state index contributed by atoms with van der Waals surface area (Å²) in [5.41, 5.74) is 2.49. The van der Waals surface area contributed by atoms with Crippen molar-refractivity contribution < 1.29 is 28.7 Å². The van der Waals surface area contributed by atoms with Crippen LogP contribution in [0.25, 0.3) is 10.9 Å². The number of urea groups is 1. The minimum absolute atomic E-state index is 0.111. The highest BCUT2D eigenvalue weighted by molar-refractivity contribution is 6.45. The third kappa shape index (κ3) is 6.25. The molecule has 5 rings (SSSR count). The molecule has 0 aliphatic carbocycles. The summed E-state index contributed by atoms with van der Waals surface area (Å²) >= 11 is 0. The van der Waals surface area contributed by atoms with Gasteiger partial charge in [-0.25, -0.2) is 9.59 Å². The van der Waals surface area contributed by atoms with Crippen LogP contribution in [0.3, 0.4) is 0 Å². The van der Waals surface area contributed by atoms with Crippen LogP contribution in [0.15, 0.2) is 79.0 Å². The number of carbonyl (C=O) groups is 5. The van der Waals surface area contributed by atoms with Crippen molar-refractivity contribution in [1.29, 1.82) is 0 Å². The van der Waals surface area contributed by atoms with Gasteiger partial charge >= 0.3 is 12.0 Å². The Morgan fingerprint density at radius 1 is 0.884 bits per heavy atom. The number of hydrogen-bond donors (Lipinski definition) is 3. The summed E-state index contributed by atoms with van der Waals surface area (Å²) in [6, 6.07) is 19.4. The zero-order valence-corrected chi connectivity index (χ0v) is 23.8. The molecule has 11 nitrogen and oxygen atoms in total. The maximum absolute atomic E-state index is 13.4. The highest BCUT2D eigenvalue weighted by Gasteiger charge is 2.34. The van der Waals surface area contributed by atoms with Gasteiger partial charge in [-0.05, 0) is 56.3 Å². The minimum Gasteiger partial charge on any atom is -0.462 e. The maximum Gasteiger partial charge on any atom is 0.338 e. The summed E-state index contributed by atoms with van der Waals surface area (Å²) in [5, 5.41) is 5.94. The van der Waals surface area contributed by atoms with E-state index in [0.717, 1.165) is 0 Å². The summed E-state index contributed by atoms with van der Waals surface area (Å²) in [6.07, 6.45) is 1.46. The molecule has 1 aliphatic heterocycles. The van der Waals surface area contributed by atoms with E-state index in [0.29, 0.717) is 46.5 Å². The van der Waals surface area contributed by atoms with Crippen molar-refractivity contribution in [3.63, 3.8) is 0 Å². The molecule has 220 valence electrons. The first-order valence-electron chi connectivity index (χ1n) is 13.9. The lowest BCUT2D eigenvalue weighted by Gasteiger charge is -2.39. The van der Waals surface area contributed by atoms with E-state index in [4.69, 9.17) is 4.74 Å². The lowest BCUT2D eigenvalue weighted by molar-refractivity contribution is -0.130. The molecule has 0 spiro atoms. The Labute approximate surface area is 247 Å². The van der Waals surface area contributed by atoms with Crippen LogP contribution in [0.1, 0.15) is 44.9 Å². The molecule has 2 heterocycles. The second-order valence-electron chi connectivity index (χ2n) is 10.1. The maximum atomic E-state index is 13.4. The standard InChI is InChI=1S/C32H31N5O6/c1-3-43-31(41)22-12-14-23(15-13-22)34-32(42)35-26-11-7-10-24-25(18-33-27(24)26)28(38)30(40)37-17-16-36(19-20(37)2)29(39)21-8-5-4-6-9-21/h4-15,18,20,33H,3,16-17,19H2,1-2H3,(H2,34,35,42). The Morgan fingerprint density at radius 2 is 1.63 bits per heavy atom. The highest BCUT2D eigenvalue weighted by atomic mass is 16.5. The van der Waals surface area contributed by atoms with Crippen LogP contribution in [0.2, 0.25) is 0 Å². The highest BCUT2D eigenvalue weighted by Crippen LogP contribution is 2.27. The Balaban J connectivity index is 1.24. The third-order valence-electron chi connectivity index (χ3n) is 7.25. The molecule has 0 bridgehead atoms. The van der Waals surface area contributed by atoms with Crippen LogP contribution < -0.4 is 10.6 Å². The number of rotatable bonds is 7. The predicted molar refractivity (Wildman–Crippen MR) is 161 cm³/mol. The van der Waals surface area contributed by atoms with Crippen molar-refractivity contribution in [2.45, 2.75) is 19.9 Å². The average Bonchev–Trinajstić information content (AvgIpc) is 3.46. The summed E-state index contributed by atoms with van der Waals surface area (Å²) in [5.74, 6) is -1.89. The number of carbonyl (C=O) groups excluding carboxylic acids is 5. The molecule has 3 N–H and O–H groups in total. The number of para-hydroxylation sites is 1. The molecule has 3 aromatic carbocycles. The first-order valence-corrected chi connectivity index (χ1v) is 13.9. The number of ketones is 1. The van der Waals surface area contributed by atoms with Gasteiger partial charge in [0.2, 0.25) is 0 Å². The number of fused-ring (bicyclic) bond motifs is 1. The van der Waals surface area contributed by atoms with Gasteiger partial charge in [-0.2, -0.15) is 0 Å². The molecule has 0 radical (unpaired) electrons. The summed E-state index contributed by atoms with van der Waals surface area (Å²) in [6.45, 7) is 4.67. The smallest absolute Gasteiger partial charge is 0.338 e. The summed E-state index contributed by atoms with van der Waals surface area (Å²) in [4.78, 5) is 70.3. The molecule has 1 aromatic heterocycles. The van der Waals surface area contributed by atoms with E-state index in [-0.39, 0.29) is 30.7 Å². The first-order chi connectivity index (χ1) is 20.8. The van der Waals surface area contributed by atoms with Gasteiger partial charge in [-0.1, -0.05) is 30.3 Å².